The van der Waals surface area contributed by atoms with Crippen molar-refractivity contribution in [2.24, 2.45) is 0 Å². The van der Waals surface area contributed by atoms with Gasteiger partial charge in [-0.2, -0.15) is 0 Å². The van der Waals surface area contributed by atoms with E-state index in [4.69, 9.17) is 9.47 Å². The molecule has 3 heteroatoms. The fraction of sp³-hybridized carbons (Fsp3) is 0.875. The van der Waals surface area contributed by atoms with Crippen LogP contribution in [0.25, 0.3) is 0 Å². The van der Waals surface area contributed by atoms with Crippen LogP contribution in [0.2, 0.25) is 0 Å². The highest BCUT2D eigenvalue weighted by Crippen LogP contribution is 2.13. The van der Waals surface area contributed by atoms with Gasteiger partial charge in [-0.15, -0.1) is 0 Å². The lowest BCUT2D eigenvalue weighted by Gasteiger charge is -2.21. The third-order valence-corrected chi connectivity index (χ3v) is 1.69. The van der Waals surface area contributed by atoms with Crippen LogP contribution in [0, 0.1) is 0 Å². The van der Waals surface area contributed by atoms with Crippen molar-refractivity contribution in [3.05, 3.63) is 0 Å². The second-order valence-corrected chi connectivity index (χ2v) is 2.64. The highest BCUT2D eigenvalue weighted by Gasteiger charge is 2.16. The first-order valence-electron chi connectivity index (χ1n) is 4.14. The minimum atomic E-state index is -0.267. The molecule has 0 bridgehead atoms. The number of hydrogen-bond donors (Lipinski definition) is 0. The summed E-state index contributed by atoms with van der Waals surface area (Å²) in [6.07, 6.45) is 3.20. The van der Waals surface area contributed by atoms with Crippen molar-refractivity contribution in [3.8, 4) is 0 Å². The summed E-state index contributed by atoms with van der Waals surface area (Å²) in [7, 11) is 0. The molecule has 3 nitrogen and oxygen atoms in total. The molecular weight excluding hydrogens is 144 g/mol. The van der Waals surface area contributed by atoms with Gasteiger partial charge in [0.25, 0.3) is 0 Å². The van der Waals surface area contributed by atoms with E-state index in [1.165, 1.54) is 0 Å². The van der Waals surface area contributed by atoms with Gasteiger partial charge in [0.15, 0.2) is 0 Å². The number of carbonyl (C=O) groups is 1. The lowest BCUT2D eigenvalue weighted by molar-refractivity contribution is -0.186. The molecule has 0 aromatic rings. The first kappa shape index (κ1) is 8.53. The van der Waals surface area contributed by atoms with Crippen molar-refractivity contribution in [2.45, 2.75) is 38.9 Å². The predicted molar refractivity (Wildman–Crippen MR) is 40.0 cm³/mol. The molecule has 0 aromatic heterocycles. The van der Waals surface area contributed by atoms with E-state index in [2.05, 4.69) is 0 Å². The Balaban J connectivity index is 2.19. The van der Waals surface area contributed by atoms with Gasteiger partial charge in [0.1, 0.15) is 0 Å². The molecule has 0 N–H and O–H groups in total. The zero-order valence-corrected chi connectivity index (χ0v) is 6.84. The summed E-state index contributed by atoms with van der Waals surface area (Å²) < 4.78 is 10.2. The molecule has 0 unspecified atom stereocenters. The molecule has 1 heterocycles. The Hall–Kier alpha value is -0.570. The van der Waals surface area contributed by atoms with Gasteiger partial charge in [-0.3, -0.25) is 4.79 Å². The summed E-state index contributed by atoms with van der Waals surface area (Å²) in [5.41, 5.74) is 0. The van der Waals surface area contributed by atoms with Crippen LogP contribution in [0.15, 0.2) is 0 Å². The number of hydrogen-bond acceptors (Lipinski definition) is 3. The topological polar surface area (TPSA) is 35.5 Å². The summed E-state index contributed by atoms with van der Waals surface area (Å²) >= 11 is 0. The fourth-order valence-electron chi connectivity index (χ4n) is 1.03. The number of rotatable bonds is 2. The standard InChI is InChI=1S/C8H14O3/c1-2-7(9)11-8-5-3-4-6-10-8/h8H,2-6H2,1H3/t8-/m0/s1. The van der Waals surface area contributed by atoms with E-state index in [0.717, 1.165) is 25.9 Å². The Labute approximate surface area is 66.7 Å². The second-order valence-electron chi connectivity index (χ2n) is 2.64. The molecule has 0 aromatic carbocycles. The van der Waals surface area contributed by atoms with Gasteiger partial charge in [-0.05, 0) is 12.8 Å². The van der Waals surface area contributed by atoms with E-state index in [1.807, 2.05) is 0 Å². The van der Waals surface area contributed by atoms with Crippen LogP contribution < -0.4 is 0 Å². The molecule has 0 aliphatic carbocycles. The van der Waals surface area contributed by atoms with Crippen molar-refractivity contribution < 1.29 is 14.3 Å². The van der Waals surface area contributed by atoms with Crippen LogP contribution in [0.1, 0.15) is 32.6 Å². The lowest BCUT2D eigenvalue weighted by Crippen LogP contribution is -2.24. The van der Waals surface area contributed by atoms with Crippen molar-refractivity contribution in [2.75, 3.05) is 6.61 Å². The molecule has 1 saturated heterocycles. The van der Waals surface area contributed by atoms with Crippen molar-refractivity contribution in [1.82, 2.24) is 0 Å². The van der Waals surface area contributed by atoms with Gasteiger partial charge in [-0.25, -0.2) is 0 Å². The maximum absolute atomic E-state index is 10.8. The maximum atomic E-state index is 10.8. The van der Waals surface area contributed by atoms with Crippen molar-refractivity contribution in [3.63, 3.8) is 0 Å². The third-order valence-electron chi connectivity index (χ3n) is 1.69. The van der Waals surface area contributed by atoms with Crippen LogP contribution in [0.5, 0.6) is 0 Å². The number of esters is 1. The number of ether oxygens (including phenoxy) is 2. The molecule has 0 spiro atoms. The molecule has 1 rings (SSSR count). The number of carbonyl (C=O) groups excluding carboxylic acids is 1. The molecule has 0 saturated carbocycles. The van der Waals surface area contributed by atoms with Gasteiger partial charge in [0, 0.05) is 12.8 Å². The summed E-state index contributed by atoms with van der Waals surface area (Å²) in [4.78, 5) is 10.8. The van der Waals surface area contributed by atoms with E-state index < -0.39 is 0 Å². The first-order valence-corrected chi connectivity index (χ1v) is 4.14. The minimum absolute atomic E-state index is 0.170. The van der Waals surface area contributed by atoms with E-state index in [1.54, 1.807) is 6.92 Å². The van der Waals surface area contributed by atoms with Crippen molar-refractivity contribution in [1.29, 1.82) is 0 Å². The minimum Gasteiger partial charge on any atom is -0.436 e. The van der Waals surface area contributed by atoms with Gasteiger partial charge in [-0.1, -0.05) is 6.92 Å². The SMILES string of the molecule is CCC(=O)O[C@H]1CCCCO1. The van der Waals surface area contributed by atoms with E-state index in [9.17, 15) is 4.79 Å². The Morgan fingerprint density at radius 1 is 1.64 bits per heavy atom. The highest BCUT2D eigenvalue weighted by atomic mass is 16.7. The average Bonchev–Trinajstić information content (AvgIpc) is 2.06. The summed E-state index contributed by atoms with van der Waals surface area (Å²) in [6, 6.07) is 0. The molecule has 11 heavy (non-hydrogen) atoms. The van der Waals surface area contributed by atoms with Gasteiger partial charge in [0.2, 0.25) is 6.29 Å². The predicted octanol–water partition coefficient (Wildman–Crippen LogP) is 1.47. The largest absolute Gasteiger partial charge is 0.436 e. The van der Waals surface area contributed by atoms with Crippen LogP contribution >= 0.6 is 0 Å². The van der Waals surface area contributed by atoms with Crippen LogP contribution in [-0.4, -0.2) is 18.9 Å². The van der Waals surface area contributed by atoms with Gasteiger partial charge >= 0.3 is 5.97 Å². The van der Waals surface area contributed by atoms with Crippen LogP contribution in [-0.2, 0) is 14.3 Å². The zero-order chi connectivity index (χ0) is 8.10. The first-order chi connectivity index (χ1) is 5.33. The monoisotopic (exact) mass is 158 g/mol. The van der Waals surface area contributed by atoms with E-state index in [0.29, 0.717) is 6.42 Å². The van der Waals surface area contributed by atoms with E-state index in [-0.39, 0.29) is 12.3 Å². The molecule has 1 aliphatic rings. The van der Waals surface area contributed by atoms with Crippen molar-refractivity contribution >= 4 is 5.97 Å². The summed E-state index contributed by atoms with van der Waals surface area (Å²) in [5.74, 6) is -0.170. The quantitative estimate of drug-likeness (QED) is 0.571. The van der Waals surface area contributed by atoms with E-state index >= 15 is 0 Å². The second kappa shape index (κ2) is 4.34. The zero-order valence-electron chi connectivity index (χ0n) is 6.84. The van der Waals surface area contributed by atoms with Gasteiger partial charge in [0.05, 0.1) is 6.61 Å². The van der Waals surface area contributed by atoms with Crippen LogP contribution in [0.3, 0.4) is 0 Å². The highest BCUT2D eigenvalue weighted by molar-refractivity contribution is 5.68. The average molecular weight is 158 g/mol. The Morgan fingerprint density at radius 3 is 3.00 bits per heavy atom. The van der Waals surface area contributed by atoms with Crippen LogP contribution in [0.4, 0.5) is 0 Å². The summed E-state index contributed by atoms with van der Waals surface area (Å²) in [6.45, 7) is 2.51. The molecule has 0 amide bonds. The molecular formula is C8H14O3. The summed E-state index contributed by atoms with van der Waals surface area (Å²) in [5, 5.41) is 0. The normalized spacial score (nSPS) is 24.6. The third kappa shape index (κ3) is 2.89. The Kier molecular flexibility index (Phi) is 3.36. The Morgan fingerprint density at radius 2 is 2.45 bits per heavy atom. The van der Waals surface area contributed by atoms with Gasteiger partial charge < -0.3 is 9.47 Å². The molecule has 1 aliphatic heterocycles. The fourth-order valence-corrected chi connectivity index (χ4v) is 1.03. The lowest BCUT2D eigenvalue weighted by atomic mass is 10.2. The smallest absolute Gasteiger partial charge is 0.307 e. The molecule has 1 atom stereocenters. The maximum Gasteiger partial charge on any atom is 0.307 e. The Bertz CT molecular complexity index is 127. The molecule has 0 radical (unpaired) electrons. The molecule has 1 fully saturated rings. The molecule has 64 valence electrons.